The van der Waals surface area contributed by atoms with Gasteiger partial charge >= 0.3 is 0 Å². The van der Waals surface area contributed by atoms with Crippen LogP contribution in [0.25, 0.3) is 0 Å². The number of hydrogen-bond donors (Lipinski definition) is 0. The Labute approximate surface area is 71.7 Å². The second-order valence-electron chi connectivity index (χ2n) is 3.91. The third kappa shape index (κ3) is 2.22. The summed E-state index contributed by atoms with van der Waals surface area (Å²) in [6.07, 6.45) is 5.51. The van der Waals surface area contributed by atoms with Gasteiger partial charge in [0.25, 0.3) is 0 Å². The highest BCUT2D eigenvalue weighted by molar-refractivity contribution is 5.99. The maximum atomic E-state index is 5.32. The topological polar surface area (TPSA) is 9.23 Å². The standard InChI is InChI=1S/C9H16OSi/c1-7-4-8(10-11)6-9(2,3)5-7/h4,6H,5H2,1-3,11H3. The van der Waals surface area contributed by atoms with Gasteiger partial charge in [-0.05, 0) is 30.9 Å². The van der Waals surface area contributed by atoms with Crippen LogP contribution in [-0.2, 0) is 4.43 Å². The van der Waals surface area contributed by atoms with Crippen molar-refractivity contribution >= 4 is 10.5 Å². The highest BCUT2D eigenvalue weighted by Gasteiger charge is 2.19. The lowest BCUT2D eigenvalue weighted by Crippen LogP contribution is -2.13. The number of rotatable bonds is 1. The van der Waals surface area contributed by atoms with Crippen LogP contribution in [0.15, 0.2) is 23.5 Å². The summed E-state index contributed by atoms with van der Waals surface area (Å²) < 4.78 is 5.32. The van der Waals surface area contributed by atoms with Crippen LogP contribution in [0.4, 0.5) is 0 Å². The maximum absolute atomic E-state index is 5.32. The summed E-state index contributed by atoms with van der Waals surface area (Å²) in [5.41, 5.74) is 1.71. The van der Waals surface area contributed by atoms with Gasteiger partial charge < -0.3 is 4.43 Å². The van der Waals surface area contributed by atoms with Crippen LogP contribution < -0.4 is 0 Å². The van der Waals surface area contributed by atoms with E-state index in [4.69, 9.17) is 4.43 Å². The number of allylic oxidation sites excluding steroid dienone is 3. The molecule has 0 N–H and O–H groups in total. The summed E-state index contributed by atoms with van der Waals surface area (Å²) in [4.78, 5) is 0. The Bertz CT molecular complexity index is 214. The summed E-state index contributed by atoms with van der Waals surface area (Å²) in [5.74, 6) is 1.06. The molecule has 62 valence electrons. The van der Waals surface area contributed by atoms with Gasteiger partial charge in [0.05, 0.1) is 5.76 Å². The van der Waals surface area contributed by atoms with Crippen LogP contribution in [0.5, 0.6) is 0 Å². The first-order valence-electron chi connectivity index (χ1n) is 3.97. The summed E-state index contributed by atoms with van der Waals surface area (Å²) in [6.45, 7) is 6.64. The van der Waals surface area contributed by atoms with Crippen LogP contribution in [0, 0.1) is 5.41 Å². The van der Waals surface area contributed by atoms with Gasteiger partial charge in [0.1, 0.15) is 0 Å². The fourth-order valence-corrected chi connectivity index (χ4v) is 1.84. The van der Waals surface area contributed by atoms with Gasteiger partial charge in [-0.2, -0.15) is 0 Å². The molecule has 0 saturated carbocycles. The van der Waals surface area contributed by atoms with Crippen LogP contribution in [0.3, 0.4) is 0 Å². The molecule has 1 aliphatic carbocycles. The Hall–Kier alpha value is -0.503. The zero-order valence-corrected chi connectivity index (χ0v) is 9.77. The average Bonchev–Trinajstić information content (AvgIpc) is 1.83. The second-order valence-corrected chi connectivity index (χ2v) is 4.32. The first-order chi connectivity index (χ1) is 5.03. The molecule has 0 atom stereocenters. The van der Waals surface area contributed by atoms with Gasteiger partial charge in [-0.15, -0.1) is 0 Å². The first kappa shape index (κ1) is 8.59. The molecule has 1 aliphatic rings. The van der Waals surface area contributed by atoms with Gasteiger partial charge in [-0.3, -0.25) is 0 Å². The number of hydrogen-bond acceptors (Lipinski definition) is 1. The molecule has 0 radical (unpaired) electrons. The van der Waals surface area contributed by atoms with Crippen LogP contribution in [0.2, 0.25) is 0 Å². The molecule has 0 bridgehead atoms. The van der Waals surface area contributed by atoms with Gasteiger partial charge in [-0.1, -0.05) is 19.4 Å². The molecule has 0 fully saturated rings. The molecule has 0 saturated heterocycles. The lowest BCUT2D eigenvalue weighted by atomic mass is 9.82. The average molecular weight is 168 g/mol. The summed E-state index contributed by atoms with van der Waals surface area (Å²) in [7, 11) is 0.787. The first-order valence-corrected chi connectivity index (χ1v) is 4.79. The van der Waals surface area contributed by atoms with Crippen molar-refractivity contribution in [3.05, 3.63) is 23.5 Å². The predicted molar refractivity (Wildman–Crippen MR) is 51.3 cm³/mol. The fraction of sp³-hybridized carbons (Fsp3) is 0.556. The van der Waals surface area contributed by atoms with Crippen molar-refractivity contribution in [2.45, 2.75) is 27.2 Å². The van der Waals surface area contributed by atoms with E-state index in [9.17, 15) is 0 Å². The lowest BCUT2D eigenvalue weighted by Gasteiger charge is -2.25. The van der Waals surface area contributed by atoms with Crippen LogP contribution in [0.1, 0.15) is 27.2 Å². The molecule has 1 rings (SSSR count). The maximum Gasteiger partial charge on any atom is 0.204 e. The molecule has 0 aliphatic heterocycles. The lowest BCUT2D eigenvalue weighted by molar-refractivity contribution is 0.413. The van der Waals surface area contributed by atoms with Crippen LogP contribution >= 0.6 is 0 Å². The SMILES string of the molecule is CC1=CC(O[SiH3])=CC(C)(C)C1. The minimum Gasteiger partial charge on any atom is -0.553 e. The van der Waals surface area contributed by atoms with Gasteiger partial charge in [0.15, 0.2) is 0 Å². The monoisotopic (exact) mass is 168 g/mol. The van der Waals surface area contributed by atoms with Gasteiger partial charge in [-0.25, -0.2) is 0 Å². The quantitative estimate of drug-likeness (QED) is 0.540. The Morgan fingerprint density at radius 3 is 2.64 bits per heavy atom. The highest BCUT2D eigenvalue weighted by Crippen LogP contribution is 2.32. The molecule has 11 heavy (non-hydrogen) atoms. The highest BCUT2D eigenvalue weighted by atomic mass is 28.2. The molecular weight excluding hydrogens is 152 g/mol. The Balaban J connectivity index is 2.86. The van der Waals surface area contributed by atoms with E-state index in [1.165, 1.54) is 5.57 Å². The van der Waals surface area contributed by atoms with Crippen molar-refractivity contribution in [1.82, 2.24) is 0 Å². The van der Waals surface area contributed by atoms with E-state index in [1.807, 2.05) is 0 Å². The van der Waals surface area contributed by atoms with E-state index < -0.39 is 0 Å². The molecule has 0 unspecified atom stereocenters. The molecular formula is C9H16OSi. The summed E-state index contributed by atoms with van der Waals surface area (Å²) >= 11 is 0. The van der Waals surface area contributed by atoms with E-state index in [0.717, 1.165) is 22.7 Å². The fourth-order valence-electron chi connectivity index (χ4n) is 1.61. The molecule has 2 heteroatoms. The van der Waals surface area contributed by atoms with Crippen molar-refractivity contribution < 1.29 is 4.43 Å². The molecule has 0 amide bonds. The van der Waals surface area contributed by atoms with Crippen molar-refractivity contribution in [1.29, 1.82) is 0 Å². The van der Waals surface area contributed by atoms with Crippen molar-refractivity contribution in [3.63, 3.8) is 0 Å². The molecule has 0 aromatic carbocycles. The van der Waals surface area contributed by atoms with E-state index in [0.29, 0.717) is 5.41 Å². The van der Waals surface area contributed by atoms with Crippen molar-refractivity contribution in [3.8, 4) is 0 Å². The van der Waals surface area contributed by atoms with Gasteiger partial charge in [0.2, 0.25) is 10.5 Å². The van der Waals surface area contributed by atoms with Gasteiger partial charge in [0, 0.05) is 0 Å². The zero-order chi connectivity index (χ0) is 8.48. The van der Waals surface area contributed by atoms with Crippen molar-refractivity contribution in [2.24, 2.45) is 5.41 Å². The third-order valence-electron chi connectivity index (χ3n) is 1.89. The summed E-state index contributed by atoms with van der Waals surface area (Å²) in [6, 6.07) is 0. The minimum absolute atomic E-state index is 0.290. The molecule has 0 aromatic heterocycles. The zero-order valence-electron chi connectivity index (χ0n) is 7.77. The molecule has 1 nitrogen and oxygen atoms in total. The molecule has 0 aromatic rings. The van der Waals surface area contributed by atoms with E-state index in [2.05, 4.69) is 32.9 Å². The van der Waals surface area contributed by atoms with Crippen LogP contribution in [-0.4, -0.2) is 10.5 Å². The third-order valence-corrected chi connectivity index (χ3v) is 2.36. The molecule has 0 heterocycles. The van der Waals surface area contributed by atoms with E-state index >= 15 is 0 Å². The Kier molecular flexibility index (Phi) is 2.23. The minimum atomic E-state index is 0.290. The molecule has 0 spiro atoms. The largest absolute Gasteiger partial charge is 0.553 e. The normalized spacial score (nSPS) is 22.5. The summed E-state index contributed by atoms with van der Waals surface area (Å²) in [5, 5.41) is 0. The predicted octanol–water partition coefficient (Wildman–Crippen LogP) is 1.54. The van der Waals surface area contributed by atoms with E-state index in [-0.39, 0.29) is 0 Å². The Morgan fingerprint density at radius 2 is 2.18 bits per heavy atom. The van der Waals surface area contributed by atoms with E-state index in [1.54, 1.807) is 0 Å². The smallest absolute Gasteiger partial charge is 0.204 e. The van der Waals surface area contributed by atoms with Crippen molar-refractivity contribution in [2.75, 3.05) is 0 Å². The Morgan fingerprint density at radius 1 is 1.55 bits per heavy atom. The second kappa shape index (κ2) is 2.86.